The summed E-state index contributed by atoms with van der Waals surface area (Å²) in [6.07, 6.45) is 6.83. The van der Waals surface area contributed by atoms with Gasteiger partial charge in [0, 0.05) is 38.2 Å². The Morgan fingerprint density at radius 3 is 2.68 bits per heavy atom. The van der Waals surface area contributed by atoms with E-state index in [0.29, 0.717) is 6.04 Å². The fourth-order valence-corrected chi connectivity index (χ4v) is 2.69. The van der Waals surface area contributed by atoms with Gasteiger partial charge in [-0.25, -0.2) is 4.99 Å². The number of rotatable bonds is 8. The summed E-state index contributed by atoms with van der Waals surface area (Å²) in [6, 6.07) is 0.492. The van der Waals surface area contributed by atoms with Crippen LogP contribution in [0.15, 0.2) is 17.6 Å². The van der Waals surface area contributed by atoms with Crippen molar-refractivity contribution in [3.05, 3.63) is 12.7 Å². The molecule has 0 atom stereocenters. The molecular formula is C15H29IN4OS. The SMILES string of the molecule is C=CCSCCNC(=NCC(=O)N(C)C)NC1CCCC1.I. The molecule has 0 bridgehead atoms. The van der Waals surface area contributed by atoms with Gasteiger partial charge in [0.2, 0.25) is 5.91 Å². The Kier molecular flexibility index (Phi) is 12.8. The summed E-state index contributed by atoms with van der Waals surface area (Å²) in [7, 11) is 3.50. The summed E-state index contributed by atoms with van der Waals surface area (Å²) in [5.41, 5.74) is 0. The van der Waals surface area contributed by atoms with E-state index in [9.17, 15) is 4.79 Å². The molecule has 0 spiro atoms. The van der Waals surface area contributed by atoms with Crippen LogP contribution < -0.4 is 10.6 Å². The Hall–Kier alpha value is -0.440. The molecule has 0 heterocycles. The first kappa shape index (κ1) is 21.6. The lowest BCUT2D eigenvalue weighted by atomic mass is 10.2. The van der Waals surface area contributed by atoms with E-state index in [4.69, 9.17) is 0 Å². The maximum absolute atomic E-state index is 11.6. The minimum absolute atomic E-state index is 0. The van der Waals surface area contributed by atoms with Gasteiger partial charge >= 0.3 is 0 Å². The standard InChI is InChI=1S/C15H28N4OS.HI/c1-4-10-21-11-9-16-15(17-12-14(20)19(2)3)18-13-7-5-6-8-13;/h4,13H,1,5-12H2,2-3H3,(H2,16,17,18);1H. The van der Waals surface area contributed by atoms with Crippen LogP contribution in [0.1, 0.15) is 25.7 Å². The number of nitrogens with zero attached hydrogens (tertiary/aromatic N) is 2. The molecule has 0 aromatic rings. The van der Waals surface area contributed by atoms with Crippen molar-refractivity contribution in [3.63, 3.8) is 0 Å². The molecule has 5 nitrogen and oxygen atoms in total. The predicted octanol–water partition coefficient (Wildman–Crippen LogP) is 2.09. The van der Waals surface area contributed by atoms with Crippen molar-refractivity contribution in [1.82, 2.24) is 15.5 Å². The van der Waals surface area contributed by atoms with Crippen LogP contribution in [0, 0.1) is 0 Å². The molecule has 0 aromatic heterocycles. The maximum Gasteiger partial charge on any atom is 0.243 e. The number of guanidine groups is 1. The molecule has 0 saturated heterocycles. The average Bonchev–Trinajstić information content (AvgIpc) is 2.96. The fourth-order valence-electron chi connectivity index (χ4n) is 2.11. The molecule has 1 saturated carbocycles. The van der Waals surface area contributed by atoms with E-state index < -0.39 is 0 Å². The number of likely N-dealkylation sites (N-methyl/N-ethyl adjacent to an activating group) is 1. The molecule has 0 unspecified atom stereocenters. The first-order valence-corrected chi connectivity index (χ1v) is 8.72. The van der Waals surface area contributed by atoms with Crippen LogP contribution >= 0.6 is 35.7 Å². The van der Waals surface area contributed by atoms with E-state index in [0.717, 1.165) is 24.0 Å². The number of hydrogen-bond acceptors (Lipinski definition) is 3. The largest absolute Gasteiger partial charge is 0.356 e. The van der Waals surface area contributed by atoms with Gasteiger partial charge < -0.3 is 15.5 Å². The smallest absolute Gasteiger partial charge is 0.243 e. The lowest BCUT2D eigenvalue weighted by Gasteiger charge is -2.17. The average molecular weight is 440 g/mol. The van der Waals surface area contributed by atoms with Crippen molar-refractivity contribution in [2.75, 3.05) is 38.7 Å². The normalized spacial score (nSPS) is 15.1. The van der Waals surface area contributed by atoms with Crippen LogP contribution in [-0.4, -0.2) is 61.5 Å². The summed E-state index contributed by atoms with van der Waals surface area (Å²) in [5.74, 6) is 2.74. The van der Waals surface area contributed by atoms with E-state index in [1.807, 2.05) is 17.8 Å². The molecule has 1 amide bonds. The van der Waals surface area contributed by atoms with Gasteiger partial charge in [0.1, 0.15) is 6.54 Å². The van der Waals surface area contributed by atoms with Crippen molar-refractivity contribution < 1.29 is 4.79 Å². The van der Waals surface area contributed by atoms with E-state index in [2.05, 4.69) is 22.2 Å². The first-order valence-electron chi connectivity index (χ1n) is 7.57. The fraction of sp³-hybridized carbons (Fsp3) is 0.733. The van der Waals surface area contributed by atoms with Crippen LogP contribution in [-0.2, 0) is 4.79 Å². The van der Waals surface area contributed by atoms with Crippen LogP contribution in [0.3, 0.4) is 0 Å². The second-order valence-electron chi connectivity index (χ2n) is 5.37. The molecule has 1 aliphatic rings. The number of hydrogen-bond donors (Lipinski definition) is 2. The van der Waals surface area contributed by atoms with Crippen LogP contribution in [0.2, 0.25) is 0 Å². The zero-order chi connectivity index (χ0) is 15.5. The van der Waals surface area contributed by atoms with Gasteiger partial charge in [0.05, 0.1) is 0 Å². The number of thioether (sulfide) groups is 1. The van der Waals surface area contributed by atoms with Gasteiger partial charge in [-0.3, -0.25) is 4.79 Å². The Balaban J connectivity index is 0.00000441. The molecule has 1 fully saturated rings. The lowest BCUT2D eigenvalue weighted by molar-refractivity contribution is -0.127. The van der Waals surface area contributed by atoms with E-state index >= 15 is 0 Å². The lowest BCUT2D eigenvalue weighted by Crippen LogP contribution is -2.43. The molecule has 128 valence electrons. The Morgan fingerprint density at radius 2 is 2.09 bits per heavy atom. The van der Waals surface area contributed by atoms with Crippen molar-refractivity contribution in [2.24, 2.45) is 4.99 Å². The van der Waals surface area contributed by atoms with Crippen LogP contribution in [0.25, 0.3) is 0 Å². The number of nitrogens with one attached hydrogen (secondary N) is 2. The molecular weight excluding hydrogens is 411 g/mol. The highest BCUT2D eigenvalue weighted by atomic mass is 127. The Labute approximate surface area is 155 Å². The second kappa shape index (κ2) is 13.0. The third kappa shape index (κ3) is 9.55. The third-order valence-corrected chi connectivity index (χ3v) is 4.31. The van der Waals surface area contributed by atoms with Gasteiger partial charge in [0.25, 0.3) is 0 Å². The van der Waals surface area contributed by atoms with Crippen molar-refractivity contribution >= 4 is 47.6 Å². The number of aliphatic imine (C=N–C) groups is 1. The van der Waals surface area contributed by atoms with Crippen molar-refractivity contribution in [2.45, 2.75) is 31.7 Å². The van der Waals surface area contributed by atoms with E-state index in [1.54, 1.807) is 19.0 Å². The topological polar surface area (TPSA) is 56.7 Å². The minimum atomic E-state index is 0. The highest BCUT2D eigenvalue weighted by Gasteiger charge is 2.16. The number of carbonyl (C=O) groups excluding carboxylic acids is 1. The number of carbonyl (C=O) groups is 1. The van der Waals surface area contributed by atoms with Gasteiger partial charge in [-0.15, -0.1) is 30.6 Å². The second-order valence-corrected chi connectivity index (χ2v) is 6.52. The summed E-state index contributed by atoms with van der Waals surface area (Å²) in [6.45, 7) is 4.74. The summed E-state index contributed by atoms with van der Waals surface area (Å²) < 4.78 is 0. The van der Waals surface area contributed by atoms with E-state index in [1.165, 1.54) is 25.7 Å². The molecule has 2 N–H and O–H groups in total. The maximum atomic E-state index is 11.6. The number of halogens is 1. The molecule has 1 aliphatic carbocycles. The quantitative estimate of drug-likeness (QED) is 0.200. The predicted molar refractivity (Wildman–Crippen MR) is 107 cm³/mol. The summed E-state index contributed by atoms with van der Waals surface area (Å²) in [4.78, 5) is 17.6. The molecule has 0 aromatic carbocycles. The van der Waals surface area contributed by atoms with Gasteiger partial charge in [0.15, 0.2) is 5.96 Å². The molecule has 0 aliphatic heterocycles. The van der Waals surface area contributed by atoms with Crippen LogP contribution in [0.4, 0.5) is 0 Å². The van der Waals surface area contributed by atoms with Crippen molar-refractivity contribution in [3.8, 4) is 0 Å². The monoisotopic (exact) mass is 440 g/mol. The Morgan fingerprint density at radius 1 is 1.41 bits per heavy atom. The van der Waals surface area contributed by atoms with Crippen LogP contribution in [0.5, 0.6) is 0 Å². The van der Waals surface area contributed by atoms with E-state index in [-0.39, 0.29) is 36.4 Å². The summed E-state index contributed by atoms with van der Waals surface area (Å²) in [5, 5.41) is 6.75. The Bertz CT molecular complexity index is 357. The van der Waals surface area contributed by atoms with Gasteiger partial charge in [-0.2, -0.15) is 11.8 Å². The number of amides is 1. The van der Waals surface area contributed by atoms with Gasteiger partial charge in [-0.1, -0.05) is 18.9 Å². The minimum Gasteiger partial charge on any atom is -0.356 e. The zero-order valence-corrected chi connectivity index (χ0v) is 16.8. The highest BCUT2D eigenvalue weighted by Crippen LogP contribution is 2.17. The van der Waals surface area contributed by atoms with Gasteiger partial charge in [-0.05, 0) is 12.8 Å². The third-order valence-electron chi connectivity index (χ3n) is 3.34. The molecule has 22 heavy (non-hydrogen) atoms. The first-order chi connectivity index (χ1) is 10.1. The highest BCUT2D eigenvalue weighted by molar-refractivity contribution is 14.0. The molecule has 7 heteroatoms. The zero-order valence-electron chi connectivity index (χ0n) is 13.6. The summed E-state index contributed by atoms with van der Waals surface area (Å²) >= 11 is 1.83. The van der Waals surface area contributed by atoms with Crippen molar-refractivity contribution in [1.29, 1.82) is 0 Å². The molecule has 0 radical (unpaired) electrons. The molecule has 1 rings (SSSR count).